The lowest BCUT2D eigenvalue weighted by molar-refractivity contribution is -0.384. The normalized spacial score (nSPS) is 12.9. The Morgan fingerprint density at radius 3 is 2.60 bits per heavy atom. The third-order valence-electron chi connectivity index (χ3n) is 2.71. The largest absolute Gasteiger partial charge is 0.318 e. The second kappa shape index (κ2) is 6.64. The van der Waals surface area contributed by atoms with Crippen LogP contribution < -0.4 is 16.0 Å². The zero-order valence-corrected chi connectivity index (χ0v) is 12.1. The average Bonchev–Trinajstić information content (AvgIpc) is 2.37. The molecule has 8 nitrogen and oxygen atoms in total. The molecule has 1 rings (SSSR count). The number of nitrogen functional groups attached to an aromatic ring is 1. The fourth-order valence-electron chi connectivity index (χ4n) is 1.78. The Morgan fingerprint density at radius 2 is 2.10 bits per heavy atom. The van der Waals surface area contributed by atoms with E-state index in [2.05, 4.69) is 10.1 Å². The number of nitro groups is 1. The van der Waals surface area contributed by atoms with E-state index in [-0.39, 0.29) is 22.3 Å². The highest BCUT2D eigenvalue weighted by molar-refractivity contribution is 7.89. The van der Waals surface area contributed by atoms with Crippen LogP contribution in [0.4, 0.5) is 11.4 Å². The van der Waals surface area contributed by atoms with E-state index in [0.29, 0.717) is 6.42 Å². The quantitative estimate of drug-likeness (QED) is 0.396. The summed E-state index contributed by atoms with van der Waals surface area (Å²) in [5.41, 5.74) is 1.80. The molecule has 0 amide bonds. The molecule has 1 aromatic rings. The number of hydrogen-bond acceptors (Lipinski definition) is 6. The third-order valence-corrected chi connectivity index (χ3v) is 4.30. The monoisotopic (exact) mass is 302 g/mol. The average molecular weight is 302 g/mol. The van der Waals surface area contributed by atoms with Gasteiger partial charge in [-0.15, -0.1) is 0 Å². The molecule has 9 heteroatoms. The van der Waals surface area contributed by atoms with Crippen LogP contribution in [0.15, 0.2) is 23.1 Å². The van der Waals surface area contributed by atoms with Crippen LogP contribution in [0, 0.1) is 10.1 Å². The molecule has 0 heterocycles. The lowest BCUT2D eigenvalue weighted by atomic mass is 10.2. The van der Waals surface area contributed by atoms with E-state index in [4.69, 9.17) is 5.84 Å². The topological polar surface area (TPSA) is 127 Å². The van der Waals surface area contributed by atoms with Crippen LogP contribution in [0.25, 0.3) is 0 Å². The summed E-state index contributed by atoms with van der Waals surface area (Å²) in [5, 5.41) is 10.7. The first kappa shape index (κ1) is 16.3. The minimum absolute atomic E-state index is 0.0546. The van der Waals surface area contributed by atoms with Crippen LogP contribution in [0.3, 0.4) is 0 Å². The van der Waals surface area contributed by atoms with E-state index in [0.717, 1.165) is 18.6 Å². The van der Waals surface area contributed by atoms with E-state index in [1.165, 1.54) is 6.07 Å². The minimum Gasteiger partial charge on any atom is -0.318 e. The van der Waals surface area contributed by atoms with Crippen LogP contribution in [0.5, 0.6) is 0 Å². The first-order valence-electron chi connectivity index (χ1n) is 6.09. The zero-order chi connectivity index (χ0) is 15.3. The Bertz CT molecular complexity index is 588. The van der Waals surface area contributed by atoms with Gasteiger partial charge in [-0.25, -0.2) is 13.1 Å². The SMILES string of the molecule is CCCC(C)NS(=O)(=O)c1ccc([N+](=O)[O-])c(NN)c1. The molecule has 112 valence electrons. The Morgan fingerprint density at radius 1 is 1.45 bits per heavy atom. The number of nitrogens with zero attached hydrogens (tertiary/aromatic N) is 1. The summed E-state index contributed by atoms with van der Waals surface area (Å²) in [6.45, 7) is 3.71. The summed E-state index contributed by atoms with van der Waals surface area (Å²) in [4.78, 5) is 10.0. The van der Waals surface area contributed by atoms with Crippen molar-refractivity contribution in [3.63, 3.8) is 0 Å². The lowest BCUT2D eigenvalue weighted by Crippen LogP contribution is -2.32. The molecule has 1 atom stereocenters. The predicted octanol–water partition coefficient (Wildman–Crippen LogP) is 1.35. The molecule has 0 aromatic heterocycles. The smallest absolute Gasteiger partial charge is 0.293 e. The van der Waals surface area contributed by atoms with Gasteiger partial charge in [0.1, 0.15) is 5.69 Å². The Kier molecular flexibility index (Phi) is 5.43. The Hall–Kier alpha value is -1.71. The standard InChI is InChI=1S/C11H18N4O4S/c1-3-4-8(2)14-20(18,19)9-5-6-11(15(16)17)10(7-9)13-12/h5-8,13-14H,3-4,12H2,1-2H3. The number of nitrogens with two attached hydrogens (primary N) is 1. The molecule has 0 aliphatic heterocycles. The van der Waals surface area contributed by atoms with Crippen molar-refractivity contribution in [2.75, 3.05) is 5.43 Å². The number of hydrazine groups is 1. The van der Waals surface area contributed by atoms with E-state index in [1.807, 2.05) is 6.92 Å². The maximum absolute atomic E-state index is 12.1. The highest BCUT2D eigenvalue weighted by atomic mass is 32.2. The Balaban J connectivity index is 3.10. The Labute approximate surface area is 117 Å². The summed E-state index contributed by atoms with van der Waals surface area (Å²) >= 11 is 0. The lowest BCUT2D eigenvalue weighted by Gasteiger charge is -2.13. The first-order valence-corrected chi connectivity index (χ1v) is 7.57. The van der Waals surface area contributed by atoms with Crippen LogP contribution in [0.1, 0.15) is 26.7 Å². The van der Waals surface area contributed by atoms with Gasteiger partial charge in [-0.3, -0.25) is 16.0 Å². The second-order valence-electron chi connectivity index (χ2n) is 4.39. The van der Waals surface area contributed by atoms with Crippen molar-refractivity contribution in [3.8, 4) is 0 Å². The van der Waals surface area contributed by atoms with Gasteiger partial charge in [0.15, 0.2) is 0 Å². The summed E-state index contributed by atoms with van der Waals surface area (Å²) in [7, 11) is -3.72. The molecule has 1 unspecified atom stereocenters. The van der Waals surface area contributed by atoms with E-state index in [1.54, 1.807) is 6.92 Å². The van der Waals surface area contributed by atoms with Crippen molar-refractivity contribution in [2.24, 2.45) is 5.84 Å². The molecule has 20 heavy (non-hydrogen) atoms. The van der Waals surface area contributed by atoms with Crippen molar-refractivity contribution in [1.29, 1.82) is 0 Å². The molecule has 0 saturated heterocycles. The number of anilines is 1. The van der Waals surface area contributed by atoms with Crippen LogP contribution in [-0.2, 0) is 10.0 Å². The maximum Gasteiger partial charge on any atom is 0.293 e. The van der Waals surface area contributed by atoms with Crippen molar-refractivity contribution in [1.82, 2.24) is 4.72 Å². The molecule has 0 radical (unpaired) electrons. The fraction of sp³-hybridized carbons (Fsp3) is 0.455. The fourth-order valence-corrected chi connectivity index (χ4v) is 3.09. The molecule has 0 spiro atoms. The van der Waals surface area contributed by atoms with Crippen molar-refractivity contribution in [2.45, 2.75) is 37.6 Å². The number of hydrogen-bond donors (Lipinski definition) is 3. The van der Waals surface area contributed by atoms with Crippen molar-refractivity contribution in [3.05, 3.63) is 28.3 Å². The number of sulfonamides is 1. The van der Waals surface area contributed by atoms with Gasteiger partial charge in [-0.05, 0) is 25.5 Å². The predicted molar refractivity (Wildman–Crippen MR) is 75.6 cm³/mol. The number of nitrogens with one attached hydrogen (secondary N) is 2. The van der Waals surface area contributed by atoms with Gasteiger partial charge in [0.05, 0.1) is 9.82 Å². The maximum atomic E-state index is 12.1. The minimum atomic E-state index is -3.72. The summed E-state index contributed by atoms with van der Waals surface area (Å²) in [5.74, 6) is 5.18. The molecular weight excluding hydrogens is 284 g/mol. The molecule has 0 aliphatic rings. The van der Waals surface area contributed by atoms with Gasteiger partial charge in [-0.1, -0.05) is 13.3 Å². The highest BCUT2D eigenvalue weighted by Gasteiger charge is 2.21. The molecule has 4 N–H and O–H groups in total. The van der Waals surface area contributed by atoms with Gasteiger partial charge in [0, 0.05) is 12.1 Å². The van der Waals surface area contributed by atoms with Gasteiger partial charge in [-0.2, -0.15) is 0 Å². The molecule has 0 aliphatic carbocycles. The summed E-state index contributed by atoms with van der Waals surface area (Å²) in [6, 6.07) is 3.21. The second-order valence-corrected chi connectivity index (χ2v) is 6.11. The van der Waals surface area contributed by atoms with Crippen LogP contribution in [0.2, 0.25) is 0 Å². The number of benzene rings is 1. The van der Waals surface area contributed by atoms with Gasteiger partial charge >= 0.3 is 0 Å². The van der Waals surface area contributed by atoms with Crippen LogP contribution in [-0.4, -0.2) is 19.4 Å². The summed E-state index contributed by atoms with van der Waals surface area (Å²) < 4.78 is 26.7. The van der Waals surface area contributed by atoms with E-state index < -0.39 is 14.9 Å². The van der Waals surface area contributed by atoms with Gasteiger partial charge < -0.3 is 5.43 Å². The van der Waals surface area contributed by atoms with Gasteiger partial charge in [0.25, 0.3) is 5.69 Å². The molecular formula is C11H18N4O4S. The van der Waals surface area contributed by atoms with Crippen LogP contribution >= 0.6 is 0 Å². The van der Waals surface area contributed by atoms with Crippen molar-refractivity contribution >= 4 is 21.4 Å². The zero-order valence-electron chi connectivity index (χ0n) is 11.3. The first-order chi connectivity index (χ1) is 9.31. The highest BCUT2D eigenvalue weighted by Crippen LogP contribution is 2.26. The molecule has 0 bridgehead atoms. The van der Waals surface area contributed by atoms with E-state index >= 15 is 0 Å². The molecule has 0 fully saturated rings. The third kappa shape index (κ3) is 3.89. The number of rotatable bonds is 7. The molecule has 1 aromatic carbocycles. The van der Waals surface area contributed by atoms with E-state index in [9.17, 15) is 18.5 Å². The summed E-state index contributed by atoms with van der Waals surface area (Å²) in [6.07, 6.45) is 1.55. The van der Waals surface area contributed by atoms with Crippen molar-refractivity contribution < 1.29 is 13.3 Å². The number of nitro benzene ring substituents is 1. The molecule has 0 saturated carbocycles. The van der Waals surface area contributed by atoms with Gasteiger partial charge in [0.2, 0.25) is 10.0 Å².